The van der Waals surface area contributed by atoms with E-state index in [0.717, 1.165) is 22.4 Å². The lowest BCUT2D eigenvalue weighted by atomic mass is 9.96. The molecule has 0 saturated carbocycles. The van der Waals surface area contributed by atoms with Crippen molar-refractivity contribution >= 4 is 34.4 Å². The fourth-order valence-corrected chi connectivity index (χ4v) is 5.36. The van der Waals surface area contributed by atoms with E-state index in [1.165, 1.54) is 23.0 Å². The van der Waals surface area contributed by atoms with Gasteiger partial charge in [-0.25, -0.2) is 4.98 Å². The summed E-state index contributed by atoms with van der Waals surface area (Å²) in [6, 6.07) is 20.8. The number of carbonyl (C=O) groups is 1. The van der Waals surface area contributed by atoms with Crippen LogP contribution in [0, 0.1) is 24.0 Å². The number of methoxy groups -OCH3 is 1. The molecule has 1 amide bonds. The number of para-hydroxylation sites is 2. The Morgan fingerprint density at radius 3 is 2.45 bits per heavy atom. The number of hydrogen-bond acceptors (Lipinski definition) is 9. The lowest BCUT2D eigenvalue weighted by Gasteiger charge is -2.17. The normalized spacial score (nSPS) is 11.2. The molecule has 252 valence electrons. The first kappa shape index (κ1) is 34.3. The van der Waals surface area contributed by atoms with Gasteiger partial charge in [-0.3, -0.25) is 19.7 Å². The number of ether oxygens (including phenoxy) is 3. The molecule has 1 N–H and O–H groups in total. The van der Waals surface area contributed by atoms with Crippen molar-refractivity contribution < 1.29 is 23.9 Å². The van der Waals surface area contributed by atoms with Crippen molar-refractivity contribution in [2.75, 3.05) is 25.6 Å². The van der Waals surface area contributed by atoms with Crippen LogP contribution in [0.15, 0.2) is 82.7 Å². The molecule has 1 aromatic heterocycles. The van der Waals surface area contributed by atoms with Crippen molar-refractivity contribution in [2.45, 2.75) is 40.5 Å². The quantitative estimate of drug-likeness (QED) is 0.0851. The highest BCUT2D eigenvalue weighted by atomic mass is 16.6. The average molecular weight is 664 g/mol. The third-order valence-electron chi connectivity index (χ3n) is 7.84. The van der Waals surface area contributed by atoms with Gasteiger partial charge in [-0.2, -0.15) is 9.78 Å². The van der Waals surface area contributed by atoms with E-state index >= 15 is 0 Å². The highest BCUT2D eigenvalue weighted by Gasteiger charge is 2.24. The van der Waals surface area contributed by atoms with Crippen molar-refractivity contribution in [3.8, 4) is 28.6 Å². The molecule has 12 heteroatoms. The van der Waals surface area contributed by atoms with Crippen LogP contribution >= 0.6 is 0 Å². The lowest BCUT2D eigenvalue weighted by molar-refractivity contribution is -0.385. The van der Waals surface area contributed by atoms with E-state index in [9.17, 15) is 19.7 Å². The summed E-state index contributed by atoms with van der Waals surface area (Å²) in [5.41, 5.74) is 3.78. The second-order valence-electron chi connectivity index (χ2n) is 11.6. The van der Waals surface area contributed by atoms with E-state index in [1.807, 2.05) is 52.0 Å². The Bertz CT molecular complexity index is 2140. The number of nitrogens with zero attached hydrogens (tertiary/aromatic N) is 4. The van der Waals surface area contributed by atoms with Gasteiger partial charge in [-0.1, -0.05) is 44.2 Å². The summed E-state index contributed by atoms with van der Waals surface area (Å²) in [5, 5.41) is 19.9. The Labute approximate surface area is 283 Å². The van der Waals surface area contributed by atoms with Crippen LogP contribution < -0.4 is 25.1 Å². The van der Waals surface area contributed by atoms with Gasteiger partial charge in [-0.05, 0) is 79.8 Å². The smallest absolute Gasteiger partial charge is 0.315 e. The predicted molar refractivity (Wildman–Crippen MR) is 189 cm³/mol. The first-order chi connectivity index (χ1) is 23.5. The van der Waals surface area contributed by atoms with Crippen molar-refractivity contribution in [1.82, 2.24) is 9.66 Å². The molecule has 1 heterocycles. The molecule has 0 bridgehead atoms. The van der Waals surface area contributed by atoms with Crippen molar-refractivity contribution in [3.05, 3.63) is 116 Å². The van der Waals surface area contributed by atoms with Gasteiger partial charge in [0.25, 0.3) is 11.5 Å². The van der Waals surface area contributed by atoms with Gasteiger partial charge in [0, 0.05) is 22.9 Å². The van der Waals surface area contributed by atoms with E-state index in [0.29, 0.717) is 28.0 Å². The van der Waals surface area contributed by atoms with Crippen LogP contribution in [-0.2, 0) is 4.79 Å². The van der Waals surface area contributed by atoms with Gasteiger partial charge in [-0.15, -0.1) is 0 Å². The van der Waals surface area contributed by atoms with E-state index in [2.05, 4.69) is 10.4 Å². The molecule has 0 aliphatic carbocycles. The summed E-state index contributed by atoms with van der Waals surface area (Å²) in [5.74, 6) is 0.469. The van der Waals surface area contributed by atoms with E-state index in [4.69, 9.17) is 19.2 Å². The number of nitro benzene ring substituents is 1. The van der Waals surface area contributed by atoms with Crippen molar-refractivity contribution in [1.29, 1.82) is 0 Å². The number of aromatic nitrogens is 2. The second kappa shape index (κ2) is 14.8. The van der Waals surface area contributed by atoms with Crippen LogP contribution in [0.1, 0.15) is 48.9 Å². The van der Waals surface area contributed by atoms with Gasteiger partial charge >= 0.3 is 5.69 Å². The zero-order chi connectivity index (χ0) is 35.2. The SMILES string of the molecule is CCOc1cc(C=Nn2c(-c3cc(C(C)C)c(OC)cc3C)nc3ccccc3c2=O)cc([N+](=O)[O-])c1OCC(=O)Nc1ccccc1C. The molecular weight excluding hydrogens is 626 g/mol. The number of nitrogens with one attached hydrogen (secondary N) is 1. The largest absolute Gasteiger partial charge is 0.496 e. The van der Waals surface area contributed by atoms with E-state index in [1.54, 1.807) is 50.4 Å². The maximum Gasteiger partial charge on any atom is 0.315 e. The van der Waals surface area contributed by atoms with Crippen molar-refractivity contribution in [3.63, 3.8) is 0 Å². The standard InChI is InChI=1S/C37H37N5O7/c1-7-48-33-18-25(17-31(42(45)46)35(33)49-21-34(43)39-29-14-10-8-12-23(29)4)20-38-41-36(40-30-15-11-9-13-26(30)37(41)44)28-19-27(22(2)3)32(47-6)16-24(28)5/h8-20,22H,7,21H2,1-6H3,(H,39,43). The Hall–Kier alpha value is -6.04. The number of hydrogen-bond donors (Lipinski definition) is 1. The molecule has 4 aromatic carbocycles. The van der Waals surface area contributed by atoms with Crippen LogP contribution in [0.3, 0.4) is 0 Å². The molecule has 0 aliphatic rings. The van der Waals surface area contributed by atoms with Crippen LogP contribution in [0.2, 0.25) is 0 Å². The third kappa shape index (κ3) is 7.43. The van der Waals surface area contributed by atoms with Gasteiger partial charge in [0.05, 0.1) is 35.8 Å². The molecule has 0 saturated heterocycles. The molecule has 5 rings (SSSR count). The maximum atomic E-state index is 13.9. The summed E-state index contributed by atoms with van der Waals surface area (Å²) >= 11 is 0. The minimum atomic E-state index is -0.627. The summed E-state index contributed by atoms with van der Waals surface area (Å²) in [7, 11) is 1.61. The zero-order valence-corrected chi connectivity index (χ0v) is 28.1. The highest BCUT2D eigenvalue weighted by molar-refractivity contribution is 5.93. The second-order valence-corrected chi connectivity index (χ2v) is 11.6. The Morgan fingerprint density at radius 1 is 1.02 bits per heavy atom. The molecule has 0 aliphatic heterocycles. The van der Waals surface area contributed by atoms with Crippen LogP contribution in [-0.4, -0.2) is 47.0 Å². The van der Waals surface area contributed by atoms with Crippen LogP contribution in [0.25, 0.3) is 22.3 Å². The van der Waals surface area contributed by atoms with Gasteiger partial charge < -0.3 is 19.5 Å². The number of amides is 1. The number of anilines is 1. The molecule has 0 fully saturated rings. The van der Waals surface area contributed by atoms with Crippen molar-refractivity contribution in [2.24, 2.45) is 5.10 Å². The summed E-state index contributed by atoms with van der Waals surface area (Å²) in [6.07, 6.45) is 1.33. The Morgan fingerprint density at radius 2 is 1.76 bits per heavy atom. The average Bonchev–Trinajstić information content (AvgIpc) is 3.08. The van der Waals surface area contributed by atoms with Crippen LogP contribution in [0.5, 0.6) is 17.2 Å². The van der Waals surface area contributed by atoms with E-state index in [-0.39, 0.29) is 29.6 Å². The minimum Gasteiger partial charge on any atom is -0.496 e. The number of carbonyl (C=O) groups excluding carboxylic acids is 1. The van der Waals surface area contributed by atoms with E-state index < -0.39 is 28.7 Å². The summed E-state index contributed by atoms with van der Waals surface area (Å²) < 4.78 is 18.2. The fourth-order valence-electron chi connectivity index (χ4n) is 5.36. The zero-order valence-electron chi connectivity index (χ0n) is 28.1. The number of nitro groups is 1. The number of benzene rings is 4. The molecule has 49 heavy (non-hydrogen) atoms. The van der Waals surface area contributed by atoms with Crippen LogP contribution in [0.4, 0.5) is 11.4 Å². The topological polar surface area (TPSA) is 147 Å². The Balaban J connectivity index is 1.58. The lowest BCUT2D eigenvalue weighted by Crippen LogP contribution is -2.21. The first-order valence-corrected chi connectivity index (χ1v) is 15.7. The highest BCUT2D eigenvalue weighted by Crippen LogP contribution is 2.39. The minimum absolute atomic E-state index is 0.0404. The van der Waals surface area contributed by atoms with Gasteiger partial charge in [0.15, 0.2) is 18.2 Å². The molecule has 12 nitrogen and oxygen atoms in total. The molecule has 0 atom stereocenters. The Kier molecular flexibility index (Phi) is 10.4. The molecule has 0 radical (unpaired) electrons. The summed E-state index contributed by atoms with van der Waals surface area (Å²) in [4.78, 5) is 43.0. The number of aryl methyl sites for hydroxylation is 2. The first-order valence-electron chi connectivity index (χ1n) is 15.7. The summed E-state index contributed by atoms with van der Waals surface area (Å²) in [6.45, 7) is 9.22. The van der Waals surface area contributed by atoms with Gasteiger partial charge in [0.1, 0.15) is 5.75 Å². The fraction of sp³-hybridized carbons (Fsp3) is 0.243. The molecule has 0 unspecified atom stereocenters. The predicted octanol–water partition coefficient (Wildman–Crippen LogP) is 7.02. The monoisotopic (exact) mass is 663 g/mol. The van der Waals surface area contributed by atoms with Gasteiger partial charge in [0.2, 0.25) is 5.75 Å². The molecular formula is C37H37N5O7. The number of fused-ring (bicyclic) bond motifs is 1. The number of rotatable bonds is 12. The maximum absolute atomic E-state index is 13.9. The molecule has 0 spiro atoms. The third-order valence-corrected chi connectivity index (χ3v) is 7.84. The molecule has 5 aromatic rings.